The zero-order valence-electron chi connectivity index (χ0n) is 12.2. The molecule has 0 aromatic heterocycles. The van der Waals surface area contributed by atoms with Gasteiger partial charge in [0.15, 0.2) is 0 Å². The lowest BCUT2D eigenvalue weighted by Crippen LogP contribution is -2.23. The fourth-order valence-electron chi connectivity index (χ4n) is 2.27. The van der Waals surface area contributed by atoms with Crippen molar-refractivity contribution in [3.8, 4) is 0 Å². The molecule has 0 aliphatic carbocycles. The first-order valence-corrected chi connectivity index (χ1v) is 7.09. The second-order valence-corrected chi connectivity index (χ2v) is 5.41. The Morgan fingerprint density at radius 3 is 2.19 bits per heavy atom. The minimum atomic E-state index is -0.388. The van der Waals surface area contributed by atoms with E-state index in [1.807, 2.05) is 0 Å². The van der Waals surface area contributed by atoms with Gasteiger partial charge in [-0.2, -0.15) is 0 Å². The third-order valence-corrected chi connectivity index (χ3v) is 3.57. The van der Waals surface area contributed by atoms with Crippen LogP contribution in [0.4, 0.5) is 5.69 Å². The number of nitro benzene ring substituents is 1. The molecule has 4 heteroatoms. The molecule has 2 rings (SSSR count). The number of benzene rings is 2. The summed E-state index contributed by atoms with van der Waals surface area (Å²) < 4.78 is 0. The molecule has 0 heterocycles. The summed E-state index contributed by atoms with van der Waals surface area (Å²) in [5, 5.41) is 10.6. The van der Waals surface area contributed by atoms with Gasteiger partial charge < -0.3 is 5.73 Å². The van der Waals surface area contributed by atoms with E-state index in [-0.39, 0.29) is 16.7 Å². The molecule has 0 fully saturated rings. The maximum absolute atomic E-state index is 10.6. The first-order chi connectivity index (χ1) is 10.0. The quantitative estimate of drug-likeness (QED) is 0.653. The minimum absolute atomic E-state index is 0.0627. The Hall–Kier alpha value is -2.20. The predicted molar refractivity (Wildman–Crippen MR) is 84.3 cm³/mol. The molecular weight excluding hydrogens is 264 g/mol. The second-order valence-electron chi connectivity index (χ2n) is 5.41. The molecule has 0 radical (unpaired) electrons. The van der Waals surface area contributed by atoms with Crippen LogP contribution in [0, 0.1) is 17.0 Å². The number of rotatable bonds is 6. The number of hydrogen-bond acceptors (Lipinski definition) is 3. The Balaban J connectivity index is 1.85. The average Bonchev–Trinajstić information content (AvgIpc) is 2.47. The molecular formula is C17H20N2O2. The van der Waals surface area contributed by atoms with Crippen LogP contribution in [0.1, 0.15) is 23.1 Å². The zero-order chi connectivity index (χ0) is 15.2. The third kappa shape index (κ3) is 4.68. The van der Waals surface area contributed by atoms with Crippen molar-refractivity contribution in [2.75, 3.05) is 0 Å². The summed E-state index contributed by atoms with van der Waals surface area (Å²) in [5.74, 6) is 0. The van der Waals surface area contributed by atoms with Crippen molar-refractivity contribution >= 4 is 5.69 Å². The van der Waals surface area contributed by atoms with Crippen LogP contribution >= 0.6 is 0 Å². The molecule has 1 unspecified atom stereocenters. The van der Waals surface area contributed by atoms with Crippen LogP contribution in [-0.4, -0.2) is 11.0 Å². The predicted octanol–water partition coefficient (Wildman–Crippen LogP) is 3.41. The number of nitrogens with two attached hydrogens (primary N) is 1. The number of hydrogen-bond donors (Lipinski definition) is 1. The fraction of sp³-hybridized carbons (Fsp3) is 0.294. The minimum Gasteiger partial charge on any atom is -0.327 e. The molecule has 2 N–H and O–H groups in total. The summed E-state index contributed by atoms with van der Waals surface area (Å²) in [5.41, 5.74) is 9.85. The van der Waals surface area contributed by atoms with E-state index in [2.05, 4.69) is 31.2 Å². The van der Waals surface area contributed by atoms with E-state index in [9.17, 15) is 10.1 Å². The van der Waals surface area contributed by atoms with E-state index >= 15 is 0 Å². The van der Waals surface area contributed by atoms with Crippen LogP contribution in [0.3, 0.4) is 0 Å². The molecule has 0 saturated heterocycles. The molecule has 2 aromatic rings. The van der Waals surface area contributed by atoms with Crippen molar-refractivity contribution in [1.82, 2.24) is 0 Å². The Bertz CT molecular complexity index is 591. The Morgan fingerprint density at radius 1 is 1.05 bits per heavy atom. The maximum Gasteiger partial charge on any atom is 0.269 e. The van der Waals surface area contributed by atoms with Crippen LogP contribution in [0.2, 0.25) is 0 Å². The number of nitrogens with zero attached hydrogens (tertiary/aromatic N) is 1. The van der Waals surface area contributed by atoms with Crippen molar-refractivity contribution in [1.29, 1.82) is 0 Å². The highest BCUT2D eigenvalue weighted by molar-refractivity contribution is 5.33. The fourth-order valence-corrected chi connectivity index (χ4v) is 2.27. The Labute approximate surface area is 124 Å². The lowest BCUT2D eigenvalue weighted by Gasteiger charge is -2.11. The molecule has 110 valence electrons. The molecule has 0 aliphatic rings. The highest BCUT2D eigenvalue weighted by Gasteiger charge is 2.08. The van der Waals surface area contributed by atoms with Crippen molar-refractivity contribution in [2.24, 2.45) is 5.73 Å². The number of non-ortho nitro benzene ring substituents is 1. The van der Waals surface area contributed by atoms with Gasteiger partial charge in [0.25, 0.3) is 5.69 Å². The average molecular weight is 284 g/mol. The van der Waals surface area contributed by atoms with Gasteiger partial charge in [0.2, 0.25) is 0 Å². The van der Waals surface area contributed by atoms with Gasteiger partial charge in [-0.05, 0) is 37.3 Å². The highest BCUT2D eigenvalue weighted by atomic mass is 16.6. The molecule has 0 spiro atoms. The van der Waals surface area contributed by atoms with E-state index in [0.717, 1.165) is 24.8 Å². The van der Waals surface area contributed by atoms with Crippen LogP contribution in [0.5, 0.6) is 0 Å². The topological polar surface area (TPSA) is 69.2 Å². The van der Waals surface area contributed by atoms with E-state index in [1.54, 1.807) is 12.1 Å². The van der Waals surface area contributed by atoms with Gasteiger partial charge in [-0.15, -0.1) is 0 Å². The summed E-state index contributed by atoms with van der Waals surface area (Å²) >= 11 is 0. The number of aryl methyl sites for hydroxylation is 2. The van der Waals surface area contributed by atoms with E-state index in [4.69, 9.17) is 5.73 Å². The molecule has 21 heavy (non-hydrogen) atoms. The van der Waals surface area contributed by atoms with E-state index < -0.39 is 0 Å². The van der Waals surface area contributed by atoms with Gasteiger partial charge in [-0.1, -0.05) is 42.0 Å². The number of nitro groups is 1. The van der Waals surface area contributed by atoms with Crippen LogP contribution in [0.25, 0.3) is 0 Å². The molecule has 2 aromatic carbocycles. The molecule has 0 aliphatic heterocycles. The van der Waals surface area contributed by atoms with Gasteiger partial charge in [0.05, 0.1) is 4.92 Å². The van der Waals surface area contributed by atoms with Gasteiger partial charge in [-0.3, -0.25) is 10.1 Å². The summed E-state index contributed by atoms with van der Waals surface area (Å²) in [7, 11) is 0. The molecule has 1 atom stereocenters. The SMILES string of the molecule is Cc1ccc(CCC(N)Cc2ccc([N+](=O)[O-])cc2)cc1. The Kier molecular flexibility index (Phi) is 5.06. The normalized spacial score (nSPS) is 12.1. The van der Waals surface area contributed by atoms with Crippen molar-refractivity contribution < 1.29 is 4.92 Å². The van der Waals surface area contributed by atoms with Crippen LogP contribution in [0.15, 0.2) is 48.5 Å². The summed E-state index contributed by atoms with van der Waals surface area (Å²) in [4.78, 5) is 10.2. The monoisotopic (exact) mass is 284 g/mol. The molecule has 4 nitrogen and oxygen atoms in total. The molecule has 0 bridgehead atoms. The zero-order valence-corrected chi connectivity index (χ0v) is 12.2. The first-order valence-electron chi connectivity index (χ1n) is 7.09. The summed E-state index contributed by atoms with van der Waals surface area (Å²) in [6.07, 6.45) is 2.60. The highest BCUT2D eigenvalue weighted by Crippen LogP contribution is 2.14. The molecule has 0 amide bonds. The first kappa shape index (κ1) is 15.2. The van der Waals surface area contributed by atoms with Gasteiger partial charge in [0, 0.05) is 18.2 Å². The third-order valence-electron chi connectivity index (χ3n) is 3.57. The van der Waals surface area contributed by atoms with Crippen LogP contribution in [-0.2, 0) is 12.8 Å². The summed E-state index contributed by atoms with van der Waals surface area (Å²) in [6.45, 7) is 2.07. The van der Waals surface area contributed by atoms with E-state index in [1.165, 1.54) is 23.3 Å². The smallest absolute Gasteiger partial charge is 0.269 e. The van der Waals surface area contributed by atoms with Gasteiger partial charge >= 0.3 is 0 Å². The van der Waals surface area contributed by atoms with E-state index in [0.29, 0.717) is 0 Å². The lowest BCUT2D eigenvalue weighted by atomic mass is 9.99. The largest absolute Gasteiger partial charge is 0.327 e. The van der Waals surface area contributed by atoms with Crippen molar-refractivity contribution in [2.45, 2.75) is 32.2 Å². The lowest BCUT2D eigenvalue weighted by molar-refractivity contribution is -0.384. The van der Waals surface area contributed by atoms with Crippen molar-refractivity contribution in [3.05, 3.63) is 75.3 Å². The summed E-state index contributed by atoms with van der Waals surface area (Å²) in [6, 6.07) is 15.2. The standard InChI is InChI=1S/C17H20N2O2/c1-13-2-4-14(5-3-13)6-9-16(18)12-15-7-10-17(11-8-15)19(20)21/h2-5,7-8,10-11,16H,6,9,12,18H2,1H3. The van der Waals surface area contributed by atoms with Gasteiger partial charge in [0.1, 0.15) is 0 Å². The van der Waals surface area contributed by atoms with Crippen molar-refractivity contribution in [3.63, 3.8) is 0 Å². The van der Waals surface area contributed by atoms with Gasteiger partial charge in [-0.25, -0.2) is 0 Å². The van der Waals surface area contributed by atoms with Crippen LogP contribution < -0.4 is 5.73 Å². The second kappa shape index (κ2) is 6.99. The Morgan fingerprint density at radius 2 is 1.62 bits per heavy atom. The molecule has 0 saturated carbocycles. The maximum atomic E-state index is 10.6.